The van der Waals surface area contributed by atoms with Gasteiger partial charge in [0.25, 0.3) is 0 Å². The van der Waals surface area contributed by atoms with Crippen molar-refractivity contribution in [2.45, 2.75) is 32.9 Å². The summed E-state index contributed by atoms with van der Waals surface area (Å²) in [5.74, 6) is 1.27. The Morgan fingerprint density at radius 1 is 1.19 bits per heavy atom. The van der Waals surface area contributed by atoms with Crippen molar-refractivity contribution in [2.75, 3.05) is 13.7 Å². The Hall–Kier alpha value is -2.79. The van der Waals surface area contributed by atoms with Gasteiger partial charge in [-0.15, -0.1) is 6.58 Å². The number of hydrogen-bond acceptors (Lipinski definition) is 4. The molecule has 3 aromatic rings. The molecule has 0 bridgehead atoms. The van der Waals surface area contributed by atoms with E-state index < -0.39 is 6.10 Å². The van der Waals surface area contributed by atoms with Crippen LogP contribution >= 0.6 is 0 Å². The van der Waals surface area contributed by atoms with Crippen LogP contribution in [0.3, 0.4) is 0 Å². The molecule has 1 N–H and O–H groups in total. The highest BCUT2D eigenvalue weighted by atomic mass is 16.5. The molecular formula is C22H26N2O3. The van der Waals surface area contributed by atoms with E-state index in [1.807, 2.05) is 28.8 Å². The third-order valence-corrected chi connectivity index (χ3v) is 4.68. The van der Waals surface area contributed by atoms with Gasteiger partial charge in [0.1, 0.15) is 12.7 Å². The molecule has 27 heavy (non-hydrogen) atoms. The molecule has 0 unspecified atom stereocenters. The van der Waals surface area contributed by atoms with Gasteiger partial charge in [0.2, 0.25) is 0 Å². The monoisotopic (exact) mass is 366 g/mol. The maximum absolute atomic E-state index is 10.4. The summed E-state index contributed by atoms with van der Waals surface area (Å²) in [5.41, 5.74) is 5.47. The van der Waals surface area contributed by atoms with E-state index >= 15 is 0 Å². The summed E-state index contributed by atoms with van der Waals surface area (Å²) in [6, 6.07) is 9.94. The maximum atomic E-state index is 10.4. The molecule has 0 saturated heterocycles. The van der Waals surface area contributed by atoms with Crippen LogP contribution in [0.2, 0.25) is 0 Å². The van der Waals surface area contributed by atoms with Crippen LogP contribution in [-0.4, -0.2) is 34.5 Å². The Morgan fingerprint density at radius 3 is 2.70 bits per heavy atom. The number of nitrogens with zero attached hydrogens (tertiary/aromatic N) is 2. The molecule has 3 rings (SSSR count). The lowest BCUT2D eigenvalue weighted by atomic mass is 10.1. The highest BCUT2D eigenvalue weighted by molar-refractivity contribution is 5.77. The van der Waals surface area contributed by atoms with Crippen molar-refractivity contribution in [3.8, 4) is 11.5 Å². The number of rotatable bonds is 8. The maximum Gasteiger partial charge on any atom is 0.161 e. The van der Waals surface area contributed by atoms with Crippen LogP contribution in [-0.2, 0) is 13.0 Å². The molecule has 0 radical (unpaired) electrons. The number of aliphatic hydroxyl groups is 1. The van der Waals surface area contributed by atoms with Gasteiger partial charge >= 0.3 is 0 Å². The molecule has 0 fully saturated rings. The quantitative estimate of drug-likeness (QED) is 0.616. The topological polar surface area (TPSA) is 56.5 Å². The van der Waals surface area contributed by atoms with E-state index in [1.165, 1.54) is 11.1 Å². The predicted octanol–water partition coefficient (Wildman–Crippen LogP) is 3.83. The van der Waals surface area contributed by atoms with Gasteiger partial charge in [0.05, 0.1) is 31.0 Å². The first kappa shape index (κ1) is 19.0. The van der Waals surface area contributed by atoms with Crippen LogP contribution < -0.4 is 9.47 Å². The number of benzene rings is 2. The second kappa shape index (κ2) is 8.27. The first-order chi connectivity index (χ1) is 13.0. The summed E-state index contributed by atoms with van der Waals surface area (Å²) in [6.45, 7) is 8.48. The van der Waals surface area contributed by atoms with Crippen LogP contribution in [0, 0.1) is 13.8 Å². The third kappa shape index (κ3) is 4.31. The van der Waals surface area contributed by atoms with Crippen molar-refractivity contribution in [3.63, 3.8) is 0 Å². The molecule has 0 aliphatic rings. The molecule has 0 saturated carbocycles. The molecule has 5 nitrogen and oxygen atoms in total. The molecule has 0 aliphatic carbocycles. The minimum Gasteiger partial charge on any atom is -0.493 e. The fraction of sp³-hybridized carbons (Fsp3) is 0.318. The molecule has 1 atom stereocenters. The second-order valence-electron chi connectivity index (χ2n) is 6.76. The van der Waals surface area contributed by atoms with Gasteiger partial charge in [-0.25, -0.2) is 4.98 Å². The van der Waals surface area contributed by atoms with Crippen molar-refractivity contribution >= 4 is 11.0 Å². The zero-order valence-corrected chi connectivity index (χ0v) is 16.1. The minimum absolute atomic E-state index is 0.168. The van der Waals surface area contributed by atoms with Crippen LogP contribution in [0.4, 0.5) is 0 Å². The van der Waals surface area contributed by atoms with E-state index in [-0.39, 0.29) is 6.61 Å². The summed E-state index contributed by atoms with van der Waals surface area (Å²) in [4.78, 5) is 4.43. The van der Waals surface area contributed by atoms with E-state index in [4.69, 9.17) is 9.47 Å². The number of fused-ring (bicyclic) bond motifs is 1. The summed E-state index contributed by atoms with van der Waals surface area (Å²) >= 11 is 0. The fourth-order valence-electron chi connectivity index (χ4n) is 3.05. The Balaban J connectivity index is 1.67. The van der Waals surface area contributed by atoms with Crippen molar-refractivity contribution in [3.05, 3.63) is 66.0 Å². The highest BCUT2D eigenvalue weighted by Crippen LogP contribution is 2.28. The number of ether oxygens (including phenoxy) is 2. The molecule has 1 heterocycles. The summed E-state index contributed by atoms with van der Waals surface area (Å²) in [6.07, 6.45) is 3.71. The molecular weight excluding hydrogens is 340 g/mol. The van der Waals surface area contributed by atoms with Crippen molar-refractivity contribution in [1.82, 2.24) is 9.55 Å². The first-order valence-electron chi connectivity index (χ1n) is 9.02. The van der Waals surface area contributed by atoms with E-state index in [0.29, 0.717) is 18.0 Å². The number of allylic oxidation sites excluding steroid dienone is 1. The molecule has 0 amide bonds. The SMILES string of the molecule is C=CCc1ccc(OC[C@@H](O)Cn2cnc3cc(C)c(C)cc32)c(OC)c1. The van der Waals surface area contributed by atoms with Crippen LogP contribution in [0.5, 0.6) is 11.5 Å². The lowest BCUT2D eigenvalue weighted by Crippen LogP contribution is -2.23. The largest absolute Gasteiger partial charge is 0.493 e. The standard InChI is InChI=1S/C22H26N2O3/c1-5-6-17-7-8-21(22(11-17)26-4)27-13-18(25)12-24-14-23-19-9-15(2)16(3)10-20(19)24/h5,7-11,14,18,25H,1,6,12-13H2,2-4H3/t18-/m0/s1. The Bertz CT molecular complexity index is 946. The highest BCUT2D eigenvalue weighted by Gasteiger charge is 2.12. The summed E-state index contributed by atoms with van der Waals surface area (Å²) in [7, 11) is 1.61. The molecule has 0 spiro atoms. The van der Waals surface area contributed by atoms with E-state index in [0.717, 1.165) is 23.0 Å². The summed E-state index contributed by atoms with van der Waals surface area (Å²) in [5, 5.41) is 10.4. The summed E-state index contributed by atoms with van der Waals surface area (Å²) < 4.78 is 13.1. The zero-order valence-electron chi connectivity index (χ0n) is 16.1. The number of aromatic nitrogens is 2. The number of imidazole rings is 1. The smallest absolute Gasteiger partial charge is 0.161 e. The first-order valence-corrected chi connectivity index (χ1v) is 9.02. The Labute approximate surface area is 159 Å². The predicted molar refractivity (Wildman–Crippen MR) is 108 cm³/mol. The van der Waals surface area contributed by atoms with E-state index in [9.17, 15) is 5.11 Å². The minimum atomic E-state index is -0.665. The van der Waals surface area contributed by atoms with Gasteiger partial charge in [-0.1, -0.05) is 12.1 Å². The van der Waals surface area contributed by atoms with Crippen LogP contribution in [0.1, 0.15) is 16.7 Å². The van der Waals surface area contributed by atoms with E-state index in [1.54, 1.807) is 13.4 Å². The Kier molecular flexibility index (Phi) is 5.81. The number of hydrogen-bond donors (Lipinski definition) is 1. The lowest BCUT2D eigenvalue weighted by molar-refractivity contribution is 0.0919. The molecule has 5 heteroatoms. The lowest BCUT2D eigenvalue weighted by Gasteiger charge is -2.16. The average molecular weight is 366 g/mol. The fourth-order valence-corrected chi connectivity index (χ4v) is 3.05. The van der Waals surface area contributed by atoms with Gasteiger partial charge in [-0.05, 0) is 61.2 Å². The van der Waals surface area contributed by atoms with Crippen molar-refractivity contribution < 1.29 is 14.6 Å². The van der Waals surface area contributed by atoms with Crippen LogP contribution in [0.25, 0.3) is 11.0 Å². The molecule has 142 valence electrons. The number of aliphatic hydroxyl groups excluding tert-OH is 1. The van der Waals surface area contributed by atoms with Gasteiger partial charge in [-0.2, -0.15) is 0 Å². The Morgan fingerprint density at radius 2 is 1.96 bits per heavy atom. The third-order valence-electron chi connectivity index (χ3n) is 4.68. The number of methoxy groups -OCH3 is 1. The normalized spacial score (nSPS) is 12.1. The number of aryl methyl sites for hydroxylation is 2. The van der Waals surface area contributed by atoms with Crippen LogP contribution in [0.15, 0.2) is 49.3 Å². The molecule has 1 aromatic heterocycles. The molecule has 2 aromatic carbocycles. The van der Waals surface area contributed by atoms with Crippen molar-refractivity contribution in [1.29, 1.82) is 0 Å². The second-order valence-corrected chi connectivity index (χ2v) is 6.76. The van der Waals surface area contributed by atoms with Gasteiger partial charge < -0.3 is 19.1 Å². The van der Waals surface area contributed by atoms with Gasteiger partial charge in [0, 0.05) is 0 Å². The van der Waals surface area contributed by atoms with Gasteiger partial charge in [0.15, 0.2) is 11.5 Å². The average Bonchev–Trinajstić information content (AvgIpc) is 3.02. The zero-order chi connectivity index (χ0) is 19.4. The van der Waals surface area contributed by atoms with Crippen molar-refractivity contribution in [2.24, 2.45) is 0 Å². The van der Waals surface area contributed by atoms with E-state index in [2.05, 4.69) is 37.5 Å². The van der Waals surface area contributed by atoms with Gasteiger partial charge in [-0.3, -0.25) is 0 Å². The molecule has 0 aliphatic heterocycles.